The molecule has 204 valence electrons. The summed E-state index contributed by atoms with van der Waals surface area (Å²) in [7, 11) is 0. The highest BCUT2D eigenvalue weighted by molar-refractivity contribution is 6.03. The first-order chi connectivity index (χ1) is 17.8. The third kappa shape index (κ3) is 4.93. The molecule has 0 unspecified atom stereocenters. The van der Waals surface area contributed by atoms with Crippen LogP contribution in [0.5, 0.6) is 0 Å². The molecule has 0 spiro atoms. The zero-order chi connectivity index (χ0) is 28.0. The lowest BCUT2D eigenvalue weighted by molar-refractivity contribution is -0.179. The van der Waals surface area contributed by atoms with Crippen LogP contribution in [0.1, 0.15) is 71.2 Å². The molecule has 4 rings (SSSR count). The number of esters is 3. The molecule has 38 heavy (non-hydrogen) atoms. The number of allylic oxidation sites excluding steroid dienone is 1. The molecule has 0 bridgehead atoms. The van der Waals surface area contributed by atoms with E-state index in [2.05, 4.69) is 25.4 Å². The van der Waals surface area contributed by atoms with Gasteiger partial charge in [0.15, 0.2) is 5.60 Å². The Labute approximate surface area is 223 Å². The summed E-state index contributed by atoms with van der Waals surface area (Å²) in [6, 6.07) is 3.21. The monoisotopic (exact) mass is 523 g/mol. The highest BCUT2D eigenvalue weighted by Crippen LogP contribution is 2.62. The molecule has 8 nitrogen and oxygen atoms in total. The predicted molar refractivity (Wildman–Crippen MR) is 139 cm³/mol. The van der Waals surface area contributed by atoms with Crippen LogP contribution in [0, 0.1) is 29.1 Å². The number of hydrogen-bond donors (Lipinski definition) is 0. The van der Waals surface area contributed by atoms with E-state index in [1.807, 2.05) is 13.0 Å². The second-order valence-corrected chi connectivity index (χ2v) is 11.7. The van der Waals surface area contributed by atoms with Crippen LogP contribution in [0.25, 0.3) is 0 Å². The Morgan fingerprint density at radius 2 is 1.84 bits per heavy atom. The summed E-state index contributed by atoms with van der Waals surface area (Å²) in [6.45, 7) is 14.7. The molecular weight excluding hydrogens is 486 g/mol. The van der Waals surface area contributed by atoms with Crippen molar-refractivity contribution in [1.82, 2.24) is 4.98 Å². The summed E-state index contributed by atoms with van der Waals surface area (Å²) in [4.78, 5) is 56.3. The first-order valence-electron chi connectivity index (χ1n) is 13.2. The summed E-state index contributed by atoms with van der Waals surface area (Å²) in [6.07, 6.45) is 4.49. The summed E-state index contributed by atoms with van der Waals surface area (Å²) in [5.74, 6) is -3.04. The van der Waals surface area contributed by atoms with Crippen molar-refractivity contribution in [3.63, 3.8) is 0 Å². The molecule has 2 fully saturated rings. The number of aromatic nitrogens is 1. The summed E-state index contributed by atoms with van der Waals surface area (Å²) < 4.78 is 17.8. The summed E-state index contributed by atoms with van der Waals surface area (Å²) >= 11 is 0. The maximum absolute atomic E-state index is 14.3. The summed E-state index contributed by atoms with van der Waals surface area (Å²) in [5, 5.41) is 0. The Hall–Kier alpha value is -3.29. The third-order valence-corrected chi connectivity index (χ3v) is 8.65. The number of ketones is 1. The summed E-state index contributed by atoms with van der Waals surface area (Å²) in [5.41, 5.74) is -0.358. The maximum Gasteiger partial charge on any atom is 0.339 e. The fourth-order valence-electron chi connectivity index (χ4n) is 6.71. The van der Waals surface area contributed by atoms with Crippen LogP contribution in [0.2, 0.25) is 0 Å². The van der Waals surface area contributed by atoms with Crippen molar-refractivity contribution in [2.45, 2.75) is 78.6 Å². The van der Waals surface area contributed by atoms with Gasteiger partial charge in [-0.1, -0.05) is 33.4 Å². The Morgan fingerprint density at radius 1 is 1.13 bits per heavy atom. The van der Waals surface area contributed by atoms with Crippen molar-refractivity contribution >= 4 is 23.7 Å². The van der Waals surface area contributed by atoms with Gasteiger partial charge >= 0.3 is 17.9 Å². The molecule has 2 saturated carbocycles. The molecule has 7 atom stereocenters. The standard InChI is InChI=1S/C30H37NO7/c1-16-10-11-22-23(29(22,6)7)13-17(2)27(34)30(38-20(5)33)14-18(3)26(24(30)25(16)36-19(4)32)37-28(35)21-9-8-12-31-15-21/h8-9,12-13,15,18,22-26H,1,10-11,14H2,2-7H3/t18-,22-,23-,24-,25-,26-,30+/m0/s1. The van der Waals surface area contributed by atoms with Gasteiger partial charge in [-0.05, 0) is 66.2 Å². The lowest BCUT2D eigenvalue weighted by atomic mass is 9.76. The van der Waals surface area contributed by atoms with Crippen molar-refractivity contribution in [3.05, 3.63) is 53.9 Å². The van der Waals surface area contributed by atoms with Gasteiger partial charge in [0.25, 0.3) is 0 Å². The van der Waals surface area contributed by atoms with E-state index >= 15 is 0 Å². The van der Waals surface area contributed by atoms with E-state index in [0.29, 0.717) is 23.5 Å². The molecule has 8 heteroatoms. The first-order valence-corrected chi connectivity index (χ1v) is 13.2. The quantitative estimate of drug-likeness (QED) is 0.319. The van der Waals surface area contributed by atoms with Gasteiger partial charge in [0.1, 0.15) is 12.2 Å². The lowest BCUT2D eigenvalue weighted by Gasteiger charge is -2.39. The van der Waals surface area contributed by atoms with Gasteiger partial charge in [0, 0.05) is 32.7 Å². The van der Waals surface area contributed by atoms with Crippen molar-refractivity contribution in [2.75, 3.05) is 0 Å². The molecular formula is C30H37NO7. The van der Waals surface area contributed by atoms with E-state index in [4.69, 9.17) is 14.2 Å². The Bertz CT molecular complexity index is 1190. The molecule has 0 amide bonds. The highest BCUT2D eigenvalue weighted by Gasteiger charge is 2.65. The Balaban J connectivity index is 1.87. The third-order valence-electron chi connectivity index (χ3n) is 8.65. The normalized spacial score (nSPS) is 34.1. The largest absolute Gasteiger partial charge is 0.458 e. The van der Waals surface area contributed by atoms with E-state index < -0.39 is 47.6 Å². The molecule has 0 N–H and O–H groups in total. The number of nitrogens with zero attached hydrogens (tertiary/aromatic N) is 1. The Morgan fingerprint density at radius 3 is 2.45 bits per heavy atom. The molecule has 3 aliphatic rings. The minimum absolute atomic E-state index is 0.0106. The van der Waals surface area contributed by atoms with Crippen molar-refractivity contribution in [3.8, 4) is 0 Å². The van der Waals surface area contributed by atoms with Crippen LogP contribution in [-0.4, -0.2) is 46.5 Å². The first kappa shape index (κ1) is 27.7. The van der Waals surface area contributed by atoms with E-state index in [0.717, 1.165) is 6.42 Å². The number of pyridine rings is 1. The van der Waals surface area contributed by atoms with Crippen molar-refractivity contribution < 1.29 is 33.4 Å². The molecule has 0 radical (unpaired) electrons. The molecule has 0 saturated heterocycles. The van der Waals surface area contributed by atoms with Crippen LogP contribution in [0.3, 0.4) is 0 Å². The molecule has 1 aromatic rings. The number of carbonyl (C=O) groups excluding carboxylic acids is 4. The SMILES string of the molecule is C=C1CC[C@H]2[C@H](C=C(C)C(=O)[C@@]3(OC(C)=O)C[C@H](C)[C@H](OC(=O)c4cccnc4)[C@@H]3[C@H]1OC(C)=O)C2(C)C. The maximum atomic E-state index is 14.3. The van der Waals surface area contributed by atoms with E-state index in [1.54, 1.807) is 25.3 Å². The number of fused-ring (bicyclic) bond motifs is 2. The highest BCUT2D eigenvalue weighted by atomic mass is 16.6. The van der Waals surface area contributed by atoms with Gasteiger partial charge in [-0.2, -0.15) is 0 Å². The van der Waals surface area contributed by atoms with Gasteiger partial charge in [-0.25, -0.2) is 4.79 Å². The lowest BCUT2D eigenvalue weighted by Crippen LogP contribution is -2.55. The average molecular weight is 524 g/mol. The molecule has 1 aromatic heterocycles. The van der Waals surface area contributed by atoms with E-state index in [9.17, 15) is 19.2 Å². The van der Waals surface area contributed by atoms with Crippen LogP contribution in [0.15, 0.2) is 48.3 Å². The predicted octanol–water partition coefficient (Wildman–Crippen LogP) is 4.63. The fraction of sp³-hybridized carbons (Fsp3) is 0.567. The molecule has 1 heterocycles. The minimum atomic E-state index is -1.70. The zero-order valence-corrected chi connectivity index (χ0v) is 23.0. The van der Waals surface area contributed by atoms with Crippen LogP contribution in [0.4, 0.5) is 0 Å². The van der Waals surface area contributed by atoms with Crippen molar-refractivity contribution in [1.29, 1.82) is 0 Å². The molecule has 3 aliphatic carbocycles. The van der Waals surface area contributed by atoms with E-state index in [-0.39, 0.29) is 29.1 Å². The minimum Gasteiger partial charge on any atom is -0.458 e. The van der Waals surface area contributed by atoms with Crippen LogP contribution < -0.4 is 0 Å². The van der Waals surface area contributed by atoms with Gasteiger partial charge in [-0.15, -0.1) is 0 Å². The number of hydrogen-bond acceptors (Lipinski definition) is 8. The topological polar surface area (TPSA) is 109 Å². The number of rotatable bonds is 4. The van der Waals surface area contributed by atoms with Gasteiger partial charge in [0.05, 0.1) is 11.5 Å². The molecule has 0 aliphatic heterocycles. The Kier molecular flexibility index (Phi) is 7.38. The van der Waals surface area contributed by atoms with Gasteiger partial charge < -0.3 is 14.2 Å². The number of ether oxygens (including phenoxy) is 3. The molecule has 0 aromatic carbocycles. The zero-order valence-electron chi connectivity index (χ0n) is 23.0. The second kappa shape index (κ2) is 10.1. The van der Waals surface area contributed by atoms with Crippen molar-refractivity contribution in [2.24, 2.45) is 29.1 Å². The smallest absolute Gasteiger partial charge is 0.339 e. The second-order valence-electron chi connectivity index (χ2n) is 11.7. The van der Waals surface area contributed by atoms with Crippen LogP contribution in [-0.2, 0) is 28.6 Å². The van der Waals surface area contributed by atoms with E-state index in [1.165, 1.54) is 20.0 Å². The average Bonchev–Trinajstić information content (AvgIpc) is 3.24. The fourth-order valence-corrected chi connectivity index (χ4v) is 6.71. The van der Waals surface area contributed by atoms with Gasteiger partial charge in [0.2, 0.25) is 5.78 Å². The number of carbonyl (C=O) groups is 4. The van der Waals surface area contributed by atoms with Gasteiger partial charge in [-0.3, -0.25) is 19.4 Å². The number of Topliss-reactive ketones (excluding diaryl/α,β-unsaturated/α-hetero) is 1. The van der Waals surface area contributed by atoms with Crippen LogP contribution >= 0.6 is 0 Å².